The molecular formula is C35H36BClN2O6. The molecule has 2 aliphatic heterocycles. The van der Waals surface area contributed by atoms with Gasteiger partial charge in [0.1, 0.15) is 5.75 Å². The molecule has 10 heteroatoms. The van der Waals surface area contributed by atoms with E-state index >= 15 is 0 Å². The van der Waals surface area contributed by atoms with Crippen LogP contribution in [0.3, 0.4) is 0 Å². The molecule has 8 nitrogen and oxygen atoms in total. The number of phenols is 1. The molecule has 0 aromatic heterocycles. The predicted molar refractivity (Wildman–Crippen MR) is 176 cm³/mol. The van der Waals surface area contributed by atoms with E-state index in [4.69, 9.17) is 21.0 Å². The number of hydrogen-bond donors (Lipinski definition) is 3. The Balaban J connectivity index is 1.23. The number of fused-ring (bicyclic) bond motifs is 3. The maximum absolute atomic E-state index is 14.1. The number of hydrogen-bond acceptors (Lipinski definition) is 7. The van der Waals surface area contributed by atoms with E-state index in [0.29, 0.717) is 36.6 Å². The van der Waals surface area contributed by atoms with Crippen molar-refractivity contribution >= 4 is 53.7 Å². The Bertz CT molecular complexity index is 1640. The molecule has 3 N–H and O–H groups in total. The Morgan fingerprint density at radius 2 is 1.80 bits per heavy atom. The maximum Gasteiger partial charge on any atom is 0.455 e. The number of aromatic hydroxyl groups is 1. The molecule has 0 bridgehead atoms. The number of halogens is 1. The molecule has 4 atom stereocenters. The van der Waals surface area contributed by atoms with Gasteiger partial charge < -0.3 is 24.8 Å². The summed E-state index contributed by atoms with van der Waals surface area (Å²) in [6.07, 6.45) is 3.42. The number of amides is 2. The van der Waals surface area contributed by atoms with Crippen molar-refractivity contribution in [2.45, 2.75) is 38.6 Å². The van der Waals surface area contributed by atoms with Gasteiger partial charge in [0.2, 0.25) is 11.8 Å². The number of rotatable bonds is 9. The van der Waals surface area contributed by atoms with Crippen molar-refractivity contribution < 1.29 is 29.1 Å². The van der Waals surface area contributed by atoms with Gasteiger partial charge in [-0.1, -0.05) is 41.4 Å². The number of carbonyl (C=O) groups is 2. The van der Waals surface area contributed by atoms with Crippen LogP contribution in [-0.2, 0) is 19.0 Å². The van der Waals surface area contributed by atoms with E-state index in [1.165, 1.54) is 11.0 Å². The van der Waals surface area contributed by atoms with Crippen LogP contribution in [0.5, 0.6) is 5.75 Å². The summed E-state index contributed by atoms with van der Waals surface area (Å²) in [7, 11) is 0.567. The van der Waals surface area contributed by atoms with E-state index in [9.17, 15) is 19.7 Å². The van der Waals surface area contributed by atoms with Gasteiger partial charge in [0.05, 0.1) is 35.3 Å². The van der Waals surface area contributed by atoms with Gasteiger partial charge in [-0.3, -0.25) is 14.5 Å². The summed E-state index contributed by atoms with van der Waals surface area (Å²) in [4.78, 5) is 29.2. The number of anilines is 3. The molecular weight excluding hydrogens is 591 g/mol. The van der Waals surface area contributed by atoms with Gasteiger partial charge in [-0.2, -0.15) is 0 Å². The number of nitrogens with one attached hydrogen (secondary N) is 1. The number of nitrogens with zero attached hydrogens (tertiary/aromatic N) is 1. The Morgan fingerprint density at radius 1 is 1.07 bits per heavy atom. The lowest BCUT2D eigenvalue weighted by molar-refractivity contribution is -0.122. The van der Waals surface area contributed by atoms with E-state index in [-0.39, 0.29) is 29.8 Å². The first kappa shape index (κ1) is 31.1. The highest BCUT2D eigenvalue weighted by Gasteiger charge is 2.57. The van der Waals surface area contributed by atoms with Crippen molar-refractivity contribution in [2.75, 3.05) is 23.9 Å². The summed E-state index contributed by atoms with van der Waals surface area (Å²) >= 11 is 6.31. The molecule has 1 aliphatic carbocycles. The lowest BCUT2D eigenvalue weighted by Gasteiger charge is -2.43. The fourth-order valence-electron chi connectivity index (χ4n) is 7.04. The predicted octanol–water partition coefficient (Wildman–Crippen LogP) is 6.62. The van der Waals surface area contributed by atoms with Crippen LogP contribution in [0.15, 0.2) is 89.5 Å². The van der Waals surface area contributed by atoms with Gasteiger partial charge in [-0.15, -0.1) is 0 Å². The van der Waals surface area contributed by atoms with E-state index < -0.39 is 25.1 Å². The second-order valence-electron chi connectivity index (χ2n) is 12.0. The van der Waals surface area contributed by atoms with E-state index in [1.54, 1.807) is 31.4 Å². The van der Waals surface area contributed by atoms with Gasteiger partial charge in [-0.05, 0) is 110 Å². The van der Waals surface area contributed by atoms with Gasteiger partial charge in [0.25, 0.3) is 0 Å². The van der Waals surface area contributed by atoms with Crippen molar-refractivity contribution in [3.05, 3.63) is 100 Å². The number of allylic oxidation sites excluding steroid dienone is 1. The Hall–Kier alpha value is -3.89. The molecule has 2 saturated heterocycles. The average Bonchev–Trinajstić information content (AvgIpc) is 3.27. The smallest absolute Gasteiger partial charge is 0.455 e. The molecule has 0 spiro atoms. The number of carbonyl (C=O) groups excluding carboxylic acids is 2. The van der Waals surface area contributed by atoms with Crippen LogP contribution in [0, 0.1) is 17.8 Å². The molecule has 2 amide bonds. The first-order valence-electron chi connectivity index (χ1n) is 15.2. The summed E-state index contributed by atoms with van der Waals surface area (Å²) in [5.74, 6) is -1.79. The van der Waals surface area contributed by atoms with Gasteiger partial charge in [0, 0.05) is 18.5 Å². The van der Waals surface area contributed by atoms with Gasteiger partial charge >= 0.3 is 7.12 Å². The lowest BCUT2D eigenvalue weighted by Crippen LogP contribution is -2.46. The maximum atomic E-state index is 14.1. The van der Waals surface area contributed by atoms with Crippen molar-refractivity contribution in [1.29, 1.82) is 0 Å². The molecule has 0 unspecified atom stereocenters. The highest BCUT2D eigenvalue weighted by molar-refractivity contribution is 6.43. The van der Waals surface area contributed by atoms with Crippen LogP contribution in [0.25, 0.3) is 6.08 Å². The minimum absolute atomic E-state index is 0.106. The molecule has 0 radical (unpaired) electrons. The minimum Gasteiger partial charge on any atom is -0.508 e. The fourth-order valence-corrected chi connectivity index (χ4v) is 7.27. The van der Waals surface area contributed by atoms with Crippen LogP contribution in [0.2, 0.25) is 11.3 Å². The zero-order valence-corrected chi connectivity index (χ0v) is 26.0. The quantitative estimate of drug-likeness (QED) is 0.139. The Kier molecular flexibility index (Phi) is 9.15. The largest absolute Gasteiger partial charge is 0.508 e. The zero-order chi connectivity index (χ0) is 31.7. The number of imide groups is 1. The molecule has 0 saturated carbocycles. The van der Waals surface area contributed by atoms with Crippen LogP contribution in [0.4, 0.5) is 17.1 Å². The third-order valence-corrected chi connectivity index (χ3v) is 9.33. The first-order valence-corrected chi connectivity index (χ1v) is 15.6. The van der Waals surface area contributed by atoms with Crippen molar-refractivity contribution in [3.63, 3.8) is 0 Å². The summed E-state index contributed by atoms with van der Waals surface area (Å²) in [6.45, 7) is 2.32. The molecule has 2 heterocycles. The number of phenolic OH excluding ortho intramolecular Hbond substituents is 1. The highest BCUT2D eigenvalue weighted by atomic mass is 35.5. The minimum atomic E-state index is -1.05. The van der Waals surface area contributed by atoms with Crippen molar-refractivity contribution in [2.24, 2.45) is 17.8 Å². The first-order chi connectivity index (χ1) is 21.7. The molecule has 232 valence electrons. The summed E-state index contributed by atoms with van der Waals surface area (Å²) in [5, 5.41) is 24.3. The number of benzene rings is 3. The lowest BCUT2D eigenvalue weighted by atomic mass is 9.58. The molecule has 2 fully saturated rings. The Labute approximate surface area is 268 Å². The third-order valence-electron chi connectivity index (χ3n) is 9.00. The van der Waals surface area contributed by atoms with Crippen LogP contribution < -0.4 is 10.2 Å². The van der Waals surface area contributed by atoms with Crippen LogP contribution in [-0.4, -0.2) is 48.9 Å². The van der Waals surface area contributed by atoms with E-state index in [1.807, 2.05) is 55.5 Å². The van der Waals surface area contributed by atoms with E-state index in [0.717, 1.165) is 33.7 Å². The topological polar surface area (TPSA) is 108 Å². The molecule has 3 aromatic rings. The summed E-state index contributed by atoms with van der Waals surface area (Å²) in [6, 6.07) is 21.9. The number of para-hydroxylation sites is 1. The summed E-state index contributed by atoms with van der Waals surface area (Å²) < 4.78 is 11.7. The average molecular weight is 627 g/mol. The van der Waals surface area contributed by atoms with Crippen molar-refractivity contribution in [1.82, 2.24) is 0 Å². The zero-order valence-electron chi connectivity index (χ0n) is 25.3. The molecule has 3 aliphatic rings. The second-order valence-corrected chi connectivity index (χ2v) is 12.4. The molecule has 45 heavy (non-hydrogen) atoms. The van der Waals surface area contributed by atoms with Crippen LogP contribution >= 0.6 is 11.6 Å². The van der Waals surface area contributed by atoms with Gasteiger partial charge in [0.15, 0.2) is 0 Å². The van der Waals surface area contributed by atoms with E-state index in [2.05, 4.69) is 5.32 Å². The molecule has 3 aromatic carbocycles. The number of ether oxygens (including phenoxy) is 1. The summed E-state index contributed by atoms with van der Waals surface area (Å²) in [5.41, 5.74) is 6.11. The third kappa shape index (κ3) is 6.44. The standard InChI is InChI=1S/C35H36BClN2O6/c1-21(16-22-9-14-27(40)18-30(22)37)8-15-31-32-23(20-44-2)17-28-33(29(32)19-36(43)45-31)35(42)39(34(28)41)26-12-10-25(11-13-26)38-24-6-4-3-5-7-24/h3-7,9-14,16,18,28-29,31,33,38,40,43H,8,15,17,19-20H2,1-2H3/b21-16+/t28-,29+,31-,33-/m1/s1. The monoisotopic (exact) mass is 626 g/mol. The normalized spacial score (nSPS) is 23.3. The SMILES string of the molecule is COCC1=C2[C@@H](CC/C(C)=C/c3ccc(O)cc3Cl)OB(O)C[C@@H]2[C@@H]2C(=O)N(c3ccc(Nc4ccccc4)cc3)C(=O)[C@@H]2C1. The van der Waals surface area contributed by atoms with Crippen molar-refractivity contribution in [3.8, 4) is 5.75 Å². The second kappa shape index (κ2) is 13.2. The van der Waals surface area contributed by atoms with Gasteiger partial charge in [-0.25, -0.2) is 0 Å². The Morgan fingerprint density at radius 3 is 2.51 bits per heavy atom. The molecule has 6 rings (SSSR count). The fraction of sp³-hybridized carbons (Fsp3) is 0.314. The number of methoxy groups -OCH3 is 1. The highest BCUT2D eigenvalue weighted by Crippen LogP contribution is 2.51. The van der Waals surface area contributed by atoms with Crippen LogP contribution in [0.1, 0.15) is 31.7 Å².